The van der Waals surface area contributed by atoms with Crippen molar-refractivity contribution in [1.82, 2.24) is 24.5 Å². The van der Waals surface area contributed by atoms with Crippen LogP contribution in [0.2, 0.25) is 0 Å². The average Bonchev–Trinajstić information content (AvgIpc) is 3.16. The van der Waals surface area contributed by atoms with Crippen LogP contribution in [0.3, 0.4) is 0 Å². The smallest absolute Gasteiger partial charge is 0.254 e. The van der Waals surface area contributed by atoms with Gasteiger partial charge in [0, 0.05) is 63.8 Å². The molecule has 5 rings (SSSR count). The monoisotopic (exact) mass is 372 g/mol. The van der Waals surface area contributed by atoms with E-state index in [9.17, 15) is 0 Å². The Morgan fingerprint density at radius 2 is 1.93 bits per heavy atom. The summed E-state index contributed by atoms with van der Waals surface area (Å²) in [6, 6.07) is 2.74. The maximum absolute atomic E-state index is 6.23. The molecule has 0 saturated carbocycles. The van der Waals surface area contributed by atoms with E-state index >= 15 is 0 Å². The highest BCUT2D eigenvalue weighted by molar-refractivity contribution is 5.47. The van der Waals surface area contributed by atoms with E-state index in [1.165, 1.54) is 0 Å². The Kier molecular flexibility index (Phi) is 4.49. The van der Waals surface area contributed by atoms with E-state index in [1.54, 1.807) is 6.33 Å². The average molecular weight is 372 g/mol. The van der Waals surface area contributed by atoms with Crippen LogP contribution < -0.4 is 4.90 Å². The van der Waals surface area contributed by atoms with Crippen molar-refractivity contribution in [2.24, 2.45) is 0 Å². The van der Waals surface area contributed by atoms with Crippen molar-refractivity contribution in [3.8, 4) is 0 Å². The van der Waals surface area contributed by atoms with Gasteiger partial charge in [-0.1, -0.05) is 0 Å². The zero-order valence-electron chi connectivity index (χ0n) is 16.0. The first-order chi connectivity index (χ1) is 13.2. The first-order valence-electron chi connectivity index (χ1n) is 10.1. The third-order valence-corrected chi connectivity index (χ3v) is 6.39. The Morgan fingerprint density at radius 1 is 1.11 bits per heavy atom. The predicted octanol–water partition coefficient (Wildman–Crippen LogP) is 1.28. The van der Waals surface area contributed by atoms with Crippen molar-refractivity contribution in [3.05, 3.63) is 18.1 Å². The molecule has 3 saturated heterocycles. The van der Waals surface area contributed by atoms with E-state index in [1.807, 2.05) is 11.4 Å². The van der Waals surface area contributed by atoms with Crippen LogP contribution in [0.5, 0.6) is 0 Å². The van der Waals surface area contributed by atoms with Crippen LogP contribution in [0.25, 0.3) is 5.78 Å². The fourth-order valence-corrected chi connectivity index (χ4v) is 4.86. The van der Waals surface area contributed by atoms with Gasteiger partial charge in [-0.05, 0) is 32.6 Å². The molecule has 3 aliphatic rings. The SMILES string of the molecule is Cc1cc(N2CCN([C@H]3CCOC4(CCOCC4)C3)CC2)n2ncnc2n1. The van der Waals surface area contributed by atoms with Crippen LogP contribution in [-0.2, 0) is 9.47 Å². The maximum Gasteiger partial charge on any atom is 0.254 e. The molecular formula is C19H28N6O2. The summed E-state index contributed by atoms with van der Waals surface area (Å²) in [7, 11) is 0. The summed E-state index contributed by atoms with van der Waals surface area (Å²) in [5.41, 5.74) is 1.05. The summed E-state index contributed by atoms with van der Waals surface area (Å²) in [6.07, 6.45) is 5.97. The lowest BCUT2D eigenvalue weighted by Gasteiger charge is -2.48. The van der Waals surface area contributed by atoms with Gasteiger partial charge in [0.1, 0.15) is 12.1 Å². The molecule has 0 aliphatic carbocycles. The molecule has 5 heterocycles. The zero-order chi connectivity index (χ0) is 18.3. The number of hydrogen-bond donors (Lipinski definition) is 0. The lowest BCUT2D eigenvalue weighted by Crippen LogP contribution is -2.56. The van der Waals surface area contributed by atoms with Gasteiger partial charge in [-0.3, -0.25) is 4.90 Å². The maximum atomic E-state index is 6.23. The van der Waals surface area contributed by atoms with Crippen molar-refractivity contribution >= 4 is 11.6 Å². The Balaban J connectivity index is 1.26. The second kappa shape index (κ2) is 7.00. The summed E-state index contributed by atoms with van der Waals surface area (Å²) in [4.78, 5) is 13.8. The molecule has 3 fully saturated rings. The number of anilines is 1. The Labute approximate surface area is 159 Å². The van der Waals surface area contributed by atoms with E-state index in [0.717, 1.165) is 83.2 Å². The molecule has 0 aromatic carbocycles. The standard InChI is InChI=1S/C19H28N6O2/c1-15-12-17(25-18(22-15)20-14-21-25)24-7-5-23(6-8-24)16-2-9-27-19(13-16)3-10-26-11-4-19/h12,14,16H,2-11,13H2,1H3/t16-/m0/s1. The van der Waals surface area contributed by atoms with Crippen molar-refractivity contribution in [3.63, 3.8) is 0 Å². The molecule has 146 valence electrons. The van der Waals surface area contributed by atoms with Gasteiger partial charge in [-0.25, -0.2) is 4.98 Å². The number of ether oxygens (including phenoxy) is 2. The molecule has 27 heavy (non-hydrogen) atoms. The van der Waals surface area contributed by atoms with Gasteiger partial charge in [-0.2, -0.15) is 14.6 Å². The lowest BCUT2D eigenvalue weighted by molar-refractivity contribution is -0.151. The fourth-order valence-electron chi connectivity index (χ4n) is 4.86. The van der Waals surface area contributed by atoms with Gasteiger partial charge >= 0.3 is 0 Å². The van der Waals surface area contributed by atoms with Gasteiger partial charge in [0.15, 0.2) is 0 Å². The highest BCUT2D eigenvalue weighted by atomic mass is 16.5. The van der Waals surface area contributed by atoms with Crippen molar-refractivity contribution in [2.45, 2.75) is 44.2 Å². The van der Waals surface area contributed by atoms with Crippen molar-refractivity contribution < 1.29 is 9.47 Å². The highest BCUT2D eigenvalue weighted by Gasteiger charge is 2.41. The van der Waals surface area contributed by atoms with Gasteiger partial charge in [0.25, 0.3) is 5.78 Å². The summed E-state index contributed by atoms with van der Waals surface area (Å²) >= 11 is 0. The third-order valence-electron chi connectivity index (χ3n) is 6.39. The van der Waals surface area contributed by atoms with E-state index in [4.69, 9.17) is 9.47 Å². The van der Waals surface area contributed by atoms with Crippen LogP contribution >= 0.6 is 0 Å². The van der Waals surface area contributed by atoms with Gasteiger partial charge in [-0.15, -0.1) is 0 Å². The van der Waals surface area contributed by atoms with Crippen LogP contribution in [0.15, 0.2) is 12.4 Å². The number of fused-ring (bicyclic) bond motifs is 1. The van der Waals surface area contributed by atoms with Crippen LogP contribution in [-0.4, -0.2) is 82.1 Å². The van der Waals surface area contributed by atoms with E-state index in [2.05, 4.69) is 30.9 Å². The molecule has 1 atom stereocenters. The minimum atomic E-state index is 0.0629. The van der Waals surface area contributed by atoms with Crippen molar-refractivity contribution in [2.75, 3.05) is 50.9 Å². The van der Waals surface area contributed by atoms with Gasteiger partial charge < -0.3 is 14.4 Å². The molecule has 0 bridgehead atoms. The molecular weight excluding hydrogens is 344 g/mol. The van der Waals surface area contributed by atoms with E-state index in [0.29, 0.717) is 11.8 Å². The summed E-state index contributed by atoms with van der Waals surface area (Å²) in [5.74, 6) is 1.78. The van der Waals surface area contributed by atoms with E-state index < -0.39 is 0 Å². The first kappa shape index (κ1) is 17.3. The second-order valence-corrected chi connectivity index (χ2v) is 8.04. The van der Waals surface area contributed by atoms with Crippen LogP contribution in [0.1, 0.15) is 31.4 Å². The quantitative estimate of drug-likeness (QED) is 0.787. The molecule has 8 heteroatoms. The molecule has 8 nitrogen and oxygen atoms in total. The van der Waals surface area contributed by atoms with Crippen LogP contribution in [0, 0.1) is 6.92 Å². The Morgan fingerprint density at radius 3 is 2.74 bits per heavy atom. The minimum absolute atomic E-state index is 0.0629. The minimum Gasteiger partial charge on any atom is -0.381 e. The molecule has 2 aromatic rings. The summed E-state index contributed by atoms with van der Waals surface area (Å²) in [5, 5.41) is 4.36. The lowest BCUT2D eigenvalue weighted by atomic mass is 9.83. The molecule has 0 amide bonds. The zero-order valence-corrected chi connectivity index (χ0v) is 16.0. The normalized spacial score (nSPS) is 26.7. The van der Waals surface area contributed by atoms with Gasteiger partial charge in [0.2, 0.25) is 0 Å². The second-order valence-electron chi connectivity index (χ2n) is 8.04. The molecule has 3 aliphatic heterocycles. The topological polar surface area (TPSA) is 68.0 Å². The fraction of sp³-hybridized carbons (Fsp3) is 0.737. The number of hydrogen-bond acceptors (Lipinski definition) is 7. The number of aryl methyl sites for hydroxylation is 1. The molecule has 0 unspecified atom stereocenters. The largest absolute Gasteiger partial charge is 0.381 e. The Bertz CT molecular complexity index is 789. The number of aromatic nitrogens is 4. The Hall–Kier alpha value is -1.77. The highest BCUT2D eigenvalue weighted by Crippen LogP contribution is 2.36. The molecule has 2 aromatic heterocycles. The number of piperazine rings is 1. The molecule has 0 radical (unpaired) electrons. The third kappa shape index (κ3) is 3.30. The molecule has 0 N–H and O–H groups in total. The van der Waals surface area contributed by atoms with E-state index in [-0.39, 0.29) is 5.60 Å². The van der Waals surface area contributed by atoms with Crippen molar-refractivity contribution in [1.29, 1.82) is 0 Å². The van der Waals surface area contributed by atoms with Gasteiger partial charge in [0.05, 0.1) is 5.60 Å². The number of rotatable bonds is 2. The summed E-state index contributed by atoms with van der Waals surface area (Å²) in [6.45, 7) is 8.75. The number of nitrogens with zero attached hydrogens (tertiary/aromatic N) is 6. The summed E-state index contributed by atoms with van der Waals surface area (Å²) < 4.78 is 13.6. The predicted molar refractivity (Wildman–Crippen MR) is 101 cm³/mol. The first-order valence-corrected chi connectivity index (χ1v) is 10.1. The molecule has 1 spiro atoms. The van der Waals surface area contributed by atoms with Crippen LogP contribution in [0.4, 0.5) is 5.82 Å².